The molecular weight excluding hydrogens is 221 g/mol. The highest BCUT2D eigenvalue weighted by atomic mass is 19.1. The van der Waals surface area contributed by atoms with Crippen LogP contribution in [0, 0.1) is 5.82 Å². The number of carbonyl (C=O) groups excluding carboxylic acids is 1. The Morgan fingerprint density at radius 1 is 1.18 bits per heavy atom. The average molecular weight is 231 g/mol. The van der Waals surface area contributed by atoms with Crippen LogP contribution in [0.2, 0.25) is 0 Å². The first kappa shape index (κ1) is 11.1. The van der Waals surface area contributed by atoms with Gasteiger partial charge in [-0.2, -0.15) is 0 Å². The lowest BCUT2D eigenvalue weighted by Crippen LogP contribution is -2.14. The van der Waals surface area contributed by atoms with Crippen LogP contribution in [0.15, 0.2) is 42.5 Å². The van der Waals surface area contributed by atoms with Crippen molar-refractivity contribution < 1.29 is 9.18 Å². The molecule has 3 N–H and O–H groups in total. The number of anilines is 2. The van der Waals surface area contributed by atoms with Gasteiger partial charge < -0.3 is 11.1 Å². The molecule has 86 valence electrons. The quantitative estimate of drug-likeness (QED) is 0.831. The van der Waals surface area contributed by atoms with E-state index in [2.05, 4.69) is 10.3 Å². The predicted molar refractivity (Wildman–Crippen MR) is 63.0 cm³/mol. The Balaban J connectivity index is 2.14. The molecule has 17 heavy (non-hydrogen) atoms. The number of hydrogen-bond acceptors (Lipinski definition) is 3. The van der Waals surface area contributed by atoms with Crippen LogP contribution >= 0.6 is 0 Å². The van der Waals surface area contributed by atoms with E-state index in [9.17, 15) is 9.18 Å². The summed E-state index contributed by atoms with van der Waals surface area (Å²) >= 11 is 0. The first-order valence-corrected chi connectivity index (χ1v) is 4.94. The molecule has 0 aliphatic rings. The molecule has 0 aliphatic heterocycles. The van der Waals surface area contributed by atoms with Crippen LogP contribution in [0.1, 0.15) is 10.5 Å². The zero-order valence-electron chi connectivity index (χ0n) is 8.85. The number of nitrogens with zero attached hydrogens (tertiary/aromatic N) is 1. The van der Waals surface area contributed by atoms with E-state index in [0.717, 1.165) is 0 Å². The van der Waals surface area contributed by atoms with Crippen molar-refractivity contribution in [3.63, 3.8) is 0 Å². The third-order valence-electron chi connectivity index (χ3n) is 2.11. The Kier molecular flexibility index (Phi) is 3.00. The zero-order valence-corrected chi connectivity index (χ0v) is 8.85. The summed E-state index contributed by atoms with van der Waals surface area (Å²) in [5.74, 6) is -0.467. The van der Waals surface area contributed by atoms with Gasteiger partial charge in [0.25, 0.3) is 5.91 Å². The highest BCUT2D eigenvalue weighted by Crippen LogP contribution is 2.10. The van der Waals surface area contributed by atoms with E-state index in [1.807, 2.05) is 0 Å². The van der Waals surface area contributed by atoms with Gasteiger partial charge in [0, 0.05) is 5.69 Å². The summed E-state index contributed by atoms with van der Waals surface area (Å²) in [7, 11) is 0. The maximum Gasteiger partial charge on any atom is 0.274 e. The van der Waals surface area contributed by atoms with Gasteiger partial charge in [0.05, 0.1) is 0 Å². The van der Waals surface area contributed by atoms with E-state index >= 15 is 0 Å². The number of pyridine rings is 1. The van der Waals surface area contributed by atoms with E-state index in [4.69, 9.17) is 5.73 Å². The van der Waals surface area contributed by atoms with Crippen molar-refractivity contribution in [1.82, 2.24) is 4.98 Å². The number of benzene rings is 1. The van der Waals surface area contributed by atoms with Gasteiger partial charge in [-0.1, -0.05) is 6.07 Å². The number of amides is 1. The monoisotopic (exact) mass is 231 g/mol. The van der Waals surface area contributed by atoms with Gasteiger partial charge in [-0.25, -0.2) is 9.37 Å². The minimum Gasteiger partial charge on any atom is -0.384 e. The third kappa shape index (κ3) is 2.78. The topological polar surface area (TPSA) is 68.0 Å². The van der Waals surface area contributed by atoms with Crippen LogP contribution in [-0.2, 0) is 0 Å². The van der Waals surface area contributed by atoms with E-state index < -0.39 is 0 Å². The predicted octanol–water partition coefficient (Wildman–Crippen LogP) is 2.06. The molecule has 0 saturated carbocycles. The van der Waals surface area contributed by atoms with Crippen molar-refractivity contribution >= 4 is 17.4 Å². The second kappa shape index (κ2) is 4.61. The Labute approximate surface area is 97.3 Å². The fraction of sp³-hybridized carbons (Fsp3) is 0. The van der Waals surface area contributed by atoms with Crippen LogP contribution in [0.4, 0.5) is 15.9 Å². The second-order valence-corrected chi connectivity index (χ2v) is 3.41. The molecule has 0 aliphatic carbocycles. The highest BCUT2D eigenvalue weighted by molar-refractivity contribution is 6.03. The van der Waals surface area contributed by atoms with Crippen LogP contribution in [0.25, 0.3) is 0 Å². The van der Waals surface area contributed by atoms with Crippen molar-refractivity contribution in [2.45, 2.75) is 0 Å². The van der Waals surface area contributed by atoms with Gasteiger partial charge in [-0.3, -0.25) is 4.79 Å². The van der Waals surface area contributed by atoms with Crippen LogP contribution in [0.5, 0.6) is 0 Å². The van der Waals surface area contributed by atoms with Gasteiger partial charge in [0.15, 0.2) is 0 Å². The lowest BCUT2D eigenvalue weighted by Gasteiger charge is -2.04. The molecule has 0 spiro atoms. The molecule has 0 saturated heterocycles. The fourth-order valence-electron chi connectivity index (χ4n) is 1.31. The summed E-state index contributed by atoms with van der Waals surface area (Å²) in [6.45, 7) is 0. The second-order valence-electron chi connectivity index (χ2n) is 3.41. The Morgan fingerprint density at radius 3 is 2.53 bits per heavy atom. The zero-order chi connectivity index (χ0) is 12.3. The number of nitrogens with two attached hydrogens (primary N) is 1. The minimum absolute atomic E-state index is 0.217. The molecule has 0 fully saturated rings. The number of rotatable bonds is 2. The van der Waals surface area contributed by atoms with Crippen LogP contribution in [-0.4, -0.2) is 10.9 Å². The molecule has 0 unspecified atom stereocenters. The summed E-state index contributed by atoms with van der Waals surface area (Å²) in [5.41, 5.74) is 6.19. The van der Waals surface area contributed by atoms with E-state index in [1.54, 1.807) is 18.2 Å². The summed E-state index contributed by atoms with van der Waals surface area (Å²) in [6, 6.07) is 10.3. The number of halogens is 1. The molecule has 1 aromatic carbocycles. The third-order valence-corrected chi connectivity index (χ3v) is 2.11. The lowest BCUT2D eigenvalue weighted by molar-refractivity contribution is 0.102. The minimum atomic E-state index is -0.385. The van der Waals surface area contributed by atoms with Crippen molar-refractivity contribution in [2.75, 3.05) is 11.1 Å². The van der Waals surface area contributed by atoms with Crippen molar-refractivity contribution in [2.24, 2.45) is 0 Å². The normalized spacial score (nSPS) is 9.94. The van der Waals surface area contributed by atoms with Crippen LogP contribution < -0.4 is 11.1 Å². The Morgan fingerprint density at radius 2 is 1.88 bits per heavy atom. The molecular formula is C12H10FN3O. The Bertz CT molecular complexity index is 540. The van der Waals surface area contributed by atoms with E-state index in [-0.39, 0.29) is 23.2 Å². The number of hydrogen-bond donors (Lipinski definition) is 2. The van der Waals surface area contributed by atoms with Crippen LogP contribution in [0.3, 0.4) is 0 Å². The number of nitrogen functional groups attached to an aromatic ring is 1. The fourth-order valence-corrected chi connectivity index (χ4v) is 1.31. The summed E-state index contributed by atoms with van der Waals surface area (Å²) in [4.78, 5) is 15.6. The largest absolute Gasteiger partial charge is 0.384 e. The van der Waals surface area contributed by atoms with Crippen molar-refractivity contribution in [1.29, 1.82) is 0 Å². The van der Waals surface area contributed by atoms with Gasteiger partial charge in [-0.15, -0.1) is 0 Å². The molecule has 1 aromatic heterocycles. The Hall–Kier alpha value is -2.43. The number of nitrogens with one attached hydrogen (secondary N) is 1. The SMILES string of the molecule is Nc1cccc(C(=O)Nc2ccc(F)cc2)n1. The smallest absolute Gasteiger partial charge is 0.274 e. The molecule has 0 atom stereocenters. The molecule has 5 heteroatoms. The molecule has 0 radical (unpaired) electrons. The van der Waals surface area contributed by atoms with Crippen molar-refractivity contribution in [3.8, 4) is 0 Å². The molecule has 1 heterocycles. The van der Waals surface area contributed by atoms with E-state index in [0.29, 0.717) is 5.69 Å². The molecule has 2 rings (SSSR count). The van der Waals surface area contributed by atoms with Gasteiger partial charge in [0.2, 0.25) is 0 Å². The first-order valence-electron chi connectivity index (χ1n) is 4.94. The van der Waals surface area contributed by atoms with Gasteiger partial charge in [-0.05, 0) is 36.4 Å². The summed E-state index contributed by atoms with van der Waals surface area (Å²) in [5, 5.41) is 2.59. The van der Waals surface area contributed by atoms with Gasteiger partial charge in [0.1, 0.15) is 17.3 Å². The molecule has 4 nitrogen and oxygen atoms in total. The summed E-state index contributed by atoms with van der Waals surface area (Å²) < 4.78 is 12.7. The molecule has 0 bridgehead atoms. The highest BCUT2D eigenvalue weighted by Gasteiger charge is 2.07. The number of aromatic nitrogens is 1. The van der Waals surface area contributed by atoms with Crippen molar-refractivity contribution in [3.05, 3.63) is 54.0 Å². The molecule has 1 amide bonds. The van der Waals surface area contributed by atoms with E-state index in [1.165, 1.54) is 24.3 Å². The lowest BCUT2D eigenvalue weighted by atomic mass is 10.3. The number of carbonyl (C=O) groups is 1. The maximum atomic E-state index is 12.7. The first-order chi connectivity index (χ1) is 8.15. The standard InChI is InChI=1S/C12H10FN3O/c13-8-4-6-9(7-5-8)15-12(17)10-2-1-3-11(14)16-10/h1-7H,(H2,14,16)(H,15,17). The molecule has 2 aromatic rings. The summed E-state index contributed by atoms with van der Waals surface area (Å²) in [6.07, 6.45) is 0. The average Bonchev–Trinajstić information content (AvgIpc) is 2.32. The maximum absolute atomic E-state index is 12.7. The van der Waals surface area contributed by atoms with Gasteiger partial charge >= 0.3 is 0 Å².